The number of carbonyl (C=O) groups excluding carboxylic acids is 1. The fraction of sp³-hybridized carbons (Fsp3) is 0.667. The van der Waals surface area contributed by atoms with Crippen molar-refractivity contribution in [3.63, 3.8) is 0 Å². The molecular formula is C27H38N2O3. The molecule has 5 nitrogen and oxygen atoms in total. The first-order valence-corrected chi connectivity index (χ1v) is 12.4. The van der Waals surface area contributed by atoms with Crippen LogP contribution >= 0.6 is 0 Å². The van der Waals surface area contributed by atoms with Gasteiger partial charge in [-0.1, -0.05) is 43.2 Å². The summed E-state index contributed by atoms with van der Waals surface area (Å²) in [5.74, 6) is 0.000175. The van der Waals surface area contributed by atoms with Gasteiger partial charge >= 0.3 is 5.97 Å². The van der Waals surface area contributed by atoms with Crippen molar-refractivity contribution in [1.29, 1.82) is 0 Å². The number of aliphatic hydroxyl groups is 1. The summed E-state index contributed by atoms with van der Waals surface area (Å²) in [4.78, 5) is 17.8. The van der Waals surface area contributed by atoms with Gasteiger partial charge in [0, 0.05) is 56.2 Å². The number of benzene rings is 1. The number of esters is 1. The molecule has 2 aliphatic carbocycles. The van der Waals surface area contributed by atoms with Crippen molar-refractivity contribution in [1.82, 2.24) is 4.90 Å². The Morgan fingerprint density at radius 1 is 1.19 bits per heavy atom. The Balaban J connectivity index is 1.27. The number of hydrogen-bond acceptors (Lipinski definition) is 5. The molecule has 0 bridgehead atoms. The van der Waals surface area contributed by atoms with Crippen LogP contribution in [0.4, 0.5) is 5.69 Å². The average molecular weight is 439 g/mol. The molecule has 0 amide bonds. The third-order valence-electron chi connectivity index (χ3n) is 9.09. The second kappa shape index (κ2) is 8.18. The number of nitrogens with zero attached hydrogens (tertiary/aromatic N) is 2. The lowest BCUT2D eigenvalue weighted by Crippen LogP contribution is -2.55. The van der Waals surface area contributed by atoms with E-state index in [1.807, 2.05) is 0 Å². The van der Waals surface area contributed by atoms with Gasteiger partial charge in [0.15, 0.2) is 0 Å². The lowest BCUT2D eigenvalue weighted by molar-refractivity contribution is -0.145. The zero-order chi connectivity index (χ0) is 22.6. The van der Waals surface area contributed by atoms with Crippen LogP contribution in [0.15, 0.2) is 29.8 Å². The van der Waals surface area contributed by atoms with Gasteiger partial charge in [0.25, 0.3) is 0 Å². The van der Waals surface area contributed by atoms with E-state index in [1.165, 1.54) is 22.4 Å². The monoisotopic (exact) mass is 438 g/mol. The molecule has 2 saturated heterocycles. The largest absolute Gasteiger partial charge is 0.461 e. The predicted octanol–water partition coefficient (Wildman–Crippen LogP) is 3.71. The van der Waals surface area contributed by atoms with E-state index >= 15 is 0 Å². The summed E-state index contributed by atoms with van der Waals surface area (Å²) in [6, 6.07) is 6.66. The zero-order valence-corrected chi connectivity index (χ0v) is 20.0. The maximum Gasteiger partial charge on any atom is 0.311 e. The van der Waals surface area contributed by atoms with E-state index < -0.39 is 6.10 Å². The van der Waals surface area contributed by atoms with E-state index in [0.717, 1.165) is 45.4 Å². The van der Waals surface area contributed by atoms with Gasteiger partial charge in [0.05, 0.1) is 12.0 Å². The first-order chi connectivity index (χ1) is 15.3. The fourth-order valence-corrected chi connectivity index (χ4v) is 6.88. The van der Waals surface area contributed by atoms with Gasteiger partial charge in [-0.05, 0) is 44.2 Å². The summed E-state index contributed by atoms with van der Waals surface area (Å²) >= 11 is 0. The van der Waals surface area contributed by atoms with Crippen LogP contribution in [0.1, 0.15) is 44.2 Å². The van der Waals surface area contributed by atoms with Crippen molar-refractivity contribution in [2.45, 2.75) is 59.2 Å². The molecule has 1 N–H and O–H groups in total. The zero-order valence-electron chi connectivity index (χ0n) is 20.0. The molecule has 174 valence electrons. The van der Waals surface area contributed by atoms with Crippen molar-refractivity contribution < 1.29 is 14.6 Å². The molecule has 3 fully saturated rings. The predicted molar refractivity (Wildman–Crippen MR) is 127 cm³/mol. The molecule has 5 rings (SSSR count). The van der Waals surface area contributed by atoms with E-state index in [9.17, 15) is 9.90 Å². The minimum absolute atomic E-state index is 0.0948. The van der Waals surface area contributed by atoms with Crippen LogP contribution in [-0.2, 0) is 9.53 Å². The first-order valence-electron chi connectivity index (χ1n) is 12.4. The van der Waals surface area contributed by atoms with Crippen LogP contribution in [0.25, 0.3) is 0 Å². The summed E-state index contributed by atoms with van der Waals surface area (Å²) in [5.41, 5.74) is 5.01. The SMILES string of the molecule is Cc1ccc(N2CCN(CC3C(=O)O[C@@H]4CC5=CCCC(C)[C@@]5(C)C(O)[C@H]34)CC2)c(C)c1. The summed E-state index contributed by atoms with van der Waals surface area (Å²) in [6.45, 7) is 13.3. The molecule has 0 spiro atoms. The van der Waals surface area contributed by atoms with Gasteiger partial charge in [-0.15, -0.1) is 0 Å². The van der Waals surface area contributed by atoms with Crippen molar-refractivity contribution >= 4 is 11.7 Å². The van der Waals surface area contributed by atoms with E-state index in [2.05, 4.69) is 61.8 Å². The number of ether oxygens (including phenoxy) is 1. The smallest absolute Gasteiger partial charge is 0.311 e. The molecule has 2 aliphatic heterocycles. The average Bonchev–Trinajstić information content (AvgIpc) is 3.06. The van der Waals surface area contributed by atoms with Gasteiger partial charge in [-0.3, -0.25) is 9.69 Å². The second-order valence-corrected chi connectivity index (χ2v) is 10.9. The second-order valence-electron chi connectivity index (χ2n) is 10.9. The maximum absolute atomic E-state index is 12.9. The topological polar surface area (TPSA) is 53.0 Å². The number of aliphatic hydroxyl groups excluding tert-OH is 1. The van der Waals surface area contributed by atoms with Crippen LogP contribution in [0, 0.1) is 37.0 Å². The van der Waals surface area contributed by atoms with Crippen molar-refractivity contribution in [2.24, 2.45) is 23.2 Å². The highest BCUT2D eigenvalue weighted by atomic mass is 16.6. The summed E-state index contributed by atoms with van der Waals surface area (Å²) < 4.78 is 5.86. The fourth-order valence-electron chi connectivity index (χ4n) is 6.88. The Labute approximate surface area is 192 Å². The van der Waals surface area contributed by atoms with E-state index in [-0.39, 0.29) is 29.3 Å². The molecular weight excluding hydrogens is 400 g/mol. The van der Waals surface area contributed by atoms with Crippen LogP contribution in [0.5, 0.6) is 0 Å². The lowest BCUT2D eigenvalue weighted by Gasteiger charge is -2.52. The van der Waals surface area contributed by atoms with E-state index in [4.69, 9.17) is 4.74 Å². The molecule has 6 atom stereocenters. The molecule has 1 aromatic carbocycles. The number of allylic oxidation sites excluding steroid dienone is 1. The van der Waals surface area contributed by atoms with Gasteiger partial charge in [-0.25, -0.2) is 0 Å². The van der Waals surface area contributed by atoms with Crippen molar-refractivity contribution in [3.05, 3.63) is 41.0 Å². The number of carbonyl (C=O) groups is 1. The molecule has 3 unspecified atom stereocenters. The third kappa shape index (κ3) is 3.49. The van der Waals surface area contributed by atoms with Gasteiger partial charge in [0.2, 0.25) is 0 Å². The number of piperazine rings is 1. The number of rotatable bonds is 3. The van der Waals surface area contributed by atoms with E-state index in [1.54, 1.807) is 0 Å². The highest BCUT2D eigenvalue weighted by Gasteiger charge is 2.59. The lowest BCUT2D eigenvalue weighted by atomic mass is 9.55. The molecule has 0 aromatic heterocycles. The van der Waals surface area contributed by atoms with Crippen molar-refractivity contribution in [2.75, 3.05) is 37.6 Å². The number of hydrogen-bond donors (Lipinski definition) is 1. The van der Waals surface area contributed by atoms with Crippen LogP contribution in [0.3, 0.4) is 0 Å². The molecule has 0 radical (unpaired) electrons. The van der Waals surface area contributed by atoms with Crippen LogP contribution < -0.4 is 4.90 Å². The minimum Gasteiger partial charge on any atom is -0.461 e. The van der Waals surface area contributed by atoms with Crippen LogP contribution in [0.2, 0.25) is 0 Å². The maximum atomic E-state index is 12.9. The Hall–Kier alpha value is -1.85. The van der Waals surface area contributed by atoms with Crippen molar-refractivity contribution in [3.8, 4) is 0 Å². The molecule has 1 saturated carbocycles. The highest BCUT2D eigenvalue weighted by molar-refractivity contribution is 5.76. The Morgan fingerprint density at radius 3 is 2.66 bits per heavy atom. The highest BCUT2D eigenvalue weighted by Crippen LogP contribution is 2.56. The summed E-state index contributed by atoms with van der Waals surface area (Å²) in [7, 11) is 0. The Bertz CT molecular complexity index is 919. The van der Waals surface area contributed by atoms with Gasteiger partial charge < -0.3 is 14.7 Å². The molecule has 5 heteroatoms. The normalized spacial score (nSPS) is 37.5. The summed E-state index contributed by atoms with van der Waals surface area (Å²) in [5, 5.41) is 11.6. The van der Waals surface area contributed by atoms with E-state index in [0.29, 0.717) is 12.5 Å². The quantitative estimate of drug-likeness (QED) is 0.576. The summed E-state index contributed by atoms with van der Waals surface area (Å²) in [6.07, 6.45) is 4.59. The van der Waals surface area contributed by atoms with Crippen LogP contribution in [-0.4, -0.2) is 60.9 Å². The Kier molecular flexibility index (Phi) is 5.61. The standard InChI is InChI=1S/C27H38N2O3/c1-17-8-9-22(18(2)14-17)29-12-10-28(11-13-29)16-21-24-23(32-26(21)31)15-20-7-5-6-19(3)27(20,4)25(24)30/h7-9,14,19,21,23-25,30H,5-6,10-13,15-16H2,1-4H3/t19?,21?,23-,24-,25?,27-/m1/s1. The number of anilines is 1. The van der Waals surface area contributed by atoms with Gasteiger partial charge in [0.1, 0.15) is 6.10 Å². The molecule has 32 heavy (non-hydrogen) atoms. The molecule has 1 aromatic rings. The van der Waals surface area contributed by atoms with Gasteiger partial charge in [-0.2, -0.15) is 0 Å². The minimum atomic E-state index is -0.518. The Morgan fingerprint density at radius 2 is 1.94 bits per heavy atom. The third-order valence-corrected chi connectivity index (χ3v) is 9.09. The molecule has 4 aliphatic rings. The first kappa shape index (κ1) is 22.0. The number of aryl methyl sites for hydroxylation is 2. The molecule has 2 heterocycles. The number of fused-ring (bicyclic) bond motifs is 2.